The molecule has 5 heteroatoms. The van der Waals surface area contributed by atoms with Crippen LogP contribution in [0, 0.1) is 6.92 Å². The molecule has 0 bridgehead atoms. The van der Waals surface area contributed by atoms with Crippen LogP contribution in [0.4, 0.5) is 0 Å². The van der Waals surface area contributed by atoms with Crippen molar-refractivity contribution in [2.75, 3.05) is 13.7 Å². The predicted molar refractivity (Wildman–Crippen MR) is 60.6 cm³/mol. The summed E-state index contributed by atoms with van der Waals surface area (Å²) >= 11 is 0. The summed E-state index contributed by atoms with van der Waals surface area (Å²) in [5.41, 5.74) is 0.846. The smallest absolute Gasteiger partial charge is 0.162 e. The van der Waals surface area contributed by atoms with Crippen LogP contribution in [0.2, 0.25) is 0 Å². The summed E-state index contributed by atoms with van der Waals surface area (Å²) in [5.74, 6) is -0.229. The van der Waals surface area contributed by atoms with E-state index in [9.17, 15) is 14.7 Å². The Morgan fingerprint density at radius 1 is 1.53 bits per heavy atom. The number of aliphatic hydroxyl groups excluding tert-OH is 1. The standard InChI is InChI=1S/C12H14O5/c1-7-11(17-2)4-8(3-9(15)5-13)10(6-14)12(7)16/h4,6,13,16H,3,5H2,1-2H3. The topological polar surface area (TPSA) is 83.8 Å². The highest BCUT2D eigenvalue weighted by Crippen LogP contribution is 2.32. The Balaban J connectivity index is 3.32. The first-order valence-corrected chi connectivity index (χ1v) is 5.02. The van der Waals surface area contributed by atoms with Gasteiger partial charge in [0.1, 0.15) is 18.1 Å². The second kappa shape index (κ2) is 5.45. The highest BCUT2D eigenvalue weighted by molar-refractivity contribution is 5.89. The van der Waals surface area contributed by atoms with Crippen molar-refractivity contribution < 1.29 is 24.5 Å². The second-order valence-corrected chi connectivity index (χ2v) is 3.62. The summed E-state index contributed by atoms with van der Waals surface area (Å²) < 4.78 is 5.03. The number of phenolic OH excluding ortho intramolecular Hbond substituents is 1. The predicted octanol–water partition coefficient (Wildman–Crippen LogP) is 0.626. The van der Waals surface area contributed by atoms with Crippen LogP contribution in [-0.4, -0.2) is 36.0 Å². The third-order valence-corrected chi connectivity index (χ3v) is 2.53. The van der Waals surface area contributed by atoms with Gasteiger partial charge in [-0.25, -0.2) is 0 Å². The monoisotopic (exact) mass is 238 g/mol. The van der Waals surface area contributed by atoms with Crippen LogP contribution < -0.4 is 4.74 Å². The summed E-state index contributed by atoms with van der Waals surface area (Å²) in [6.45, 7) is 1.01. The van der Waals surface area contributed by atoms with Crippen LogP contribution in [0.3, 0.4) is 0 Å². The number of hydrogen-bond acceptors (Lipinski definition) is 5. The third-order valence-electron chi connectivity index (χ3n) is 2.53. The Morgan fingerprint density at radius 2 is 2.18 bits per heavy atom. The largest absolute Gasteiger partial charge is 0.507 e. The van der Waals surface area contributed by atoms with Crippen LogP contribution in [0.1, 0.15) is 21.5 Å². The number of ether oxygens (including phenoxy) is 1. The van der Waals surface area contributed by atoms with Crippen molar-refractivity contribution >= 4 is 12.1 Å². The highest BCUT2D eigenvalue weighted by Gasteiger charge is 2.16. The fraction of sp³-hybridized carbons (Fsp3) is 0.333. The Hall–Kier alpha value is -1.88. The van der Waals surface area contributed by atoms with Crippen LogP contribution in [0.15, 0.2) is 6.07 Å². The van der Waals surface area contributed by atoms with E-state index in [2.05, 4.69) is 0 Å². The summed E-state index contributed by atoms with van der Waals surface area (Å²) in [4.78, 5) is 22.1. The number of methoxy groups -OCH3 is 1. The van der Waals surface area contributed by atoms with Crippen molar-refractivity contribution in [3.63, 3.8) is 0 Å². The van der Waals surface area contributed by atoms with Gasteiger partial charge in [-0.3, -0.25) is 9.59 Å². The summed E-state index contributed by atoms with van der Waals surface area (Å²) in [5, 5.41) is 18.5. The van der Waals surface area contributed by atoms with Crippen molar-refractivity contribution in [1.82, 2.24) is 0 Å². The van der Waals surface area contributed by atoms with Gasteiger partial charge in [-0.2, -0.15) is 0 Å². The minimum atomic E-state index is -0.602. The fourth-order valence-electron chi connectivity index (χ4n) is 1.57. The molecule has 0 heterocycles. The van der Waals surface area contributed by atoms with E-state index in [4.69, 9.17) is 9.84 Å². The number of carbonyl (C=O) groups is 2. The zero-order valence-corrected chi connectivity index (χ0v) is 9.69. The normalized spacial score (nSPS) is 10.1. The van der Waals surface area contributed by atoms with Gasteiger partial charge in [0.2, 0.25) is 0 Å². The van der Waals surface area contributed by atoms with Gasteiger partial charge in [0.05, 0.1) is 12.7 Å². The van der Waals surface area contributed by atoms with Crippen molar-refractivity contribution in [1.29, 1.82) is 0 Å². The molecule has 1 aromatic rings. The van der Waals surface area contributed by atoms with E-state index >= 15 is 0 Å². The molecule has 0 radical (unpaired) electrons. The lowest BCUT2D eigenvalue weighted by molar-refractivity contribution is -0.121. The SMILES string of the molecule is COc1cc(CC(=O)CO)c(C=O)c(O)c1C. The number of aliphatic hydroxyl groups is 1. The van der Waals surface area contributed by atoms with E-state index in [1.807, 2.05) is 0 Å². The van der Waals surface area contributed by atoms with Gasteiger partial charge in [0.25, 0.3) is 0 Å². The average Bonchev–Trinajstić information content (AvgIpc) is 2.33. The fourth-order valence-corrected chi connectivity index (χ4v) is 1.57. The van der Waals surface area contributed by atoms with Crippen molar-refractivity contribution in [3.05, 3.63) is 22.8 Å². The summed E-state index contributed by atoms with van der Waals surface area (Å²) in [6.07, 6.45) is 0.372. The number of ketones is 1. The zero-order valence-electron chi connectivity index (χ0n) is 9.69. The molecule has 1 rings (SSSR count). The molecule has 2 N–H and O–H groups in total. The molecule has 0 amide bonds. The Bertz CT molecular complexity index is 451. The van der Waals surface area contributed by atoms with Gasteiger partial charge >= 0.3 is 0 Å². The number of aromatic hydroxyl groups is 1. The average molecular weight is 238 g/mol. The van der Waals surface area contributed by atoms with Crippen LogP contribution >= 0.6 is 0 Å². The lowest BCUT2D eigenvalue weighted by Crippen LogP contribution is -2.10. The molecule has 5 nitrogen and oxygen atoms in total. The van der Waals surface area contributed by atoms with Gasteiger partial charge in [0, 0.05) is 12.0 Å². The number of aldehydes is 1. The molecular weight excluding hydrogens is 224 g/mol. The molecule has 0 unspecified atom stereocenters. The molecular formula is C12H14O5. The van der Waals surface area contributed by atoms with Crippen molar-refractivity contribution in [3.8, 4) is 11.5 Å². The first-order valence-electron chi connectivity index (χ1n) is 5.02. The molecule has 0 aliphatic rings. The molecule has 0 saturated heterocycles. The number of rotatable bonds is 5. The molecule has 0 atom stereocenters. The van der Waals surface area contributed by atoms with Crippen molar-refractivity contribution in [2.24, 2.45) is 0 Å². The molecule has 0 aliphatic heterocycles. The molecule has 0 spiro atoms. The molecule has 0 aliphatic carbocycles. The maximum Gasteiger partial charge on any atom is 0.162 e. The third kappa shape index (κ3) is 2.62. The number of benzene rings is 1. The highest BCUT2D eigenvalue weighted by atomic mass is 16.5. The first-order chi connectivity index (χ1) is 8.04. The minimum absolute atomic E-state index is 0.0603. The van der Waals surface area contributed by atoms with Gasteiger partial charge in [-0.05, 0) is 18.6 Å². The van der Waals surface area contributed by atoms with Gasteiger partial charge < -0.3 is 14.9 Å². The first kappa shape index (κ1) is 13.2. The number of carbonyl (C=O) groups excluding carboxylic acids is 2. The van der Waals surface area contributed by atoms with Gasteiger partial charge in [-0.1, -0.05) is 0 Å². The maximum atomic E-state index is 11.2. The van der Waals surface area contributed by atoms with Gasteiger partial charge in [-0.15, -0.1) is 0 Å². The lowest BCUT2D eigenvalue weighted by atomic mass is 9.98. The van der Waals surface area contributed by atoms with E-state index in [0.29, 0.717) is 23.2 Å². The minimum Gasteiger partial charge on any atom is -0.507 e. The van der Waals surface area contributed by atoms with E-state index in [1.54, 1.807) is 6.92 Å². The molecule has 1 aromatic carbocycles. The summed E-state index contributed by atoms with van der Waals surface area (Å²) in [6, 6.07) is 1.52. The Kier molecular flexibility index (Phi) is 4.23. The van der Waals surface area contributed by atoms with E-state index in [-0.39, 0.29) is 17.7 Å². The van der Waals surface area contributed by atoms with E-state index in [1.165, 1.54) is 13.2 Å². The van der Waals surface area contributed by atoms with Gasteiger partial charge in [0.15, 0.2) is 12.1 Å². The van der Waals surface area contributed by atoms with Crippen LogP contribution in [0.25, 0.3) is 0 Å². The second-order valence-electron chi connectivity index (χ2n) is 3.62. The quantitative estimate of drug-likeness (QED) is 0.735. The zero-order chi connectivity index (χ0) is 13.0. The Labute approximate surface area is 98.6 Å². The van der Waals surface area contributed by atoms with Crippen molar-refractivity contribution in [2.45, 2.75) is 13.3 Å². The molecule has 0 aromatic heterocycles. The molecule has 0 saturated carbocycles. The number of Topliss-reactive ketones (excluding diaryl/α,β-unsaturated/α-hetero) is 1. The maximum absolute atomic E-state index is 11.2. The van der Waals surface area contributed by atoms with E-state index < -0.39 is 12.4 Å². The lowest BCUT2D eigenvalue weighted by Gasteiger charge is -2.12. The molecule has 0 fully saturated rings. The summed E-state index contributed by atoms with van der Waals surface area (Å²) in [7, 11) is 1.43. The number of phenols is 1. The molecule has 17 heavy (non-hydrogen) atoms. The van der Waals surface area contributed by atoms with Crippen LogP contribution in [0.5, 0.6) is 11.5 Å². The Morgan fingerprint density at radius 3 is 2.65 bits per heavy atom. The molecule has 92 valence electrons. The van der Waals surface area contributed by atoms with Crippen LogP contribution in [-0.2, 0) is 11.2 Å². The number of hydrogen-bond donors (Lipinski definition) is 2. The van der Waals surface area contributed by atoms with E-state index in [0.717, 1.165) is 0 Å².